The maximum absolute atomic E-state index is 5.70. The molecule has 0 fully saturated rings. The first-order valence-electron chi connectivity index (χ1n) is 6.08. The molecular formula is C14H15N3O. The van der Waals surface area contributed by atoms with Gasteiger partial charge < -0.3 is 10.5 Å². The number of benzene rings is 1. The summed E-state index contributed by atoms with van der Waals surface area (Å²) in [5.74, 6) is 1.16. The Labute approximate surface area is 106 Å². The van der Waals surface area contributed by atoms with Gasteiger partial charge in [-0.1, -0.05) is 6.08 Å². The van der Waals surface area contributed by atoms with Crippen molar-refractivity contribution < 1.29 is 4.74 Å². The minimum atomic E-state index is 0.301. The molecule has 1 heterocycles. The number of allylic oxidation sites excluding steroid dienone is 2. The van der Waals surface area contributed by atoms with Crippen LogP contribution in [0.2, 0.25) is 0 Å². The van der Waals surface area contributed by atoms with Crippen LogP contribution in [0.3, 0.4) is 0 Å². The molecule has 18 heavy (non-hydrogen) atoms. The van der Waals surface area contributed by atoms with E-state index in [1.807, 2.05) is 12.1 Å². The molecule has 2 N–H and O–H groups in total. The highest BCUT2D eigenvalue weighted by molar-refractivity contribution is 5.94. The molecule has 0 radical (unpaired) electrons. The summed E-state index contributed by atoms with van der Waals surface area (Å²) in [6, 6.07) is 3.93. The Bertz CT molecular complexity index is 634. The van der Waals surface area contributed by atoms with Gasteiger partial charge in [0.15, 0.2) is 0 Å². The fourth-order valence-electron chi connectivity index (χ4n) is 2.47. The smallest absolute Gasteiger partial charge is 0.220 e. The Morgan fingerprint density at radius 2 is 2.22 bits per heavy atom. The quantitative estimate of drug-likeness (QED) is 0.878. The lowest BCUT2D eigenvalue weighted by molar-refractivity contribution is 0.414. The SMILES string of the molecule is COc1ccc2cnc(N)nc2c1C1=CCCC1. The van der Waals surface area contributed by atoms with Gasteiger partial charge in [0.05, 0.1) is 12.6 Å². The number of fused-ring (bicyclic) bond motifs is 1. The van der Waals surface area contributed by atoms with Gasteiger partial charge in [0, 0.05) is 17.1 Å². The average Bonchev–Trinajstić information content (AvgIpc) is 2.90. The predicted molar refractivity (Wildman–Crippen MR) is 72.3 cm³/mol. The van der Waals surface area contributed by atoms with Gasteiger partial charge in [-0.2, -0.15) is 0 Å². The van der Waals surface area contributed by atoms with Crippen molar-refractivity contribution in [2.75, 3.05) is 12.8 Å². The van der Waals surface area contributed by atoms with Crippen molar-refractivity contribution in [3.8, 4) is 5.75 Å². The zero-order valence-electron chi connectivity index (χ0n) is 10.3. The van der Waals surface area contributed by atoms with E-state index in [1.54, 1.807) is 13.3 Å². The number of hydrogen-bond acceptors (Lipinski definition) is 4. The first-order chi connectivity index (χ1) is 8.79. The van der Waals surface area contributed by atoms with Gasteiger partial charge in [-0.05, 0) is 37.0 Å². The van der Waals surface area contributed by atoms with E-state index in [2.05, 4.69) is 16.0 Å². The normalized spacial score (nSPS) is 14.8. The average molecular weight is 241 g/mol. The van der Waals surface area contributed by atoms with Crippen LogP contribution in [0.5, 0.6) is 5.75 Å². The van der Waals surface area contributed by atoms with Crippen LogP contribution in [0.25, 0.3) is 16.5 Å². The fraction of sp³-hybridized carbons (Fsp3) is 0.286. The molecule has 92 valence electrons. The van der Waals surface area contributed by atoms with E-state index in [4.69, 9.17) is 10.5 Å². The molecule has 1 aliphatic rings. The molecule has 4 heteroatoms. The molecule has 0 saturated heterocycles. The molecule has 0 bridgehead atoms. The lowest BCUT2D eigenvalue weighted by Crippen LogP contribution is -1.98. The number of rotatable bonds is 2. The van der Waals surface area contributed by atoms with E-state index in [0.29, 0.717) is 5.95 Å². The molecule has 0 aliphatic heterocycles. The summed E-state index contributed by atoms with van der Waals surface area (Å²) in [7, 11) is 1.69. The molecule has 2 aromatic rings. The highest BCUT2D eigenvalue weighted by atomic mass is 16.5. The van der Waals surface area contributed by atoms with E-state index in [9.17, 15) is 0 Å². The van der Waals surface area contributed by atoms with Crippen LogP contribution in [0, 0.1) is 0 Å². The summed E-state index contributed by atoms with van der Waals surface area (Å²) in [4.78, 5) is 8.41. The Kier molecular flexibility index (Phi) is 2.63. The number of methoxy groups -OCH3 is 1. The summed E-state index contributed by atoms with van der Waals surface area (Å²) < 4.78 is 5.46. The zero-order valence-corrected chi connectivity index (χ0v) is 10.3. The third kappa shape index (κ3) is 1.70. The van der Waals surface area contributed by atoms with Crippen molar-refractivity contribution in [2.24, 2.45) is 0 Å². The molecule has 0 unspecified atom stereocenters. The number of ether oxygens (including phenoxy) is 1. The van der Waals surface area contributed by atoms with Crippen molar-refractivity contribution in [1.29, 1.82) is 0 Å². The summed E-state index contributed by atoms with van der Waals surface area (Å²) in [6.07, 6.45) is 7.40. The van der Waals surface area contributed by atoms with Crippen molar-refractivity contribution in [3.05, 3.63) is 30.0 Å². The lowest BCUT2D eigenvalue weighted by Gasteiger charge is -2.12. The lowest BCUT2D eigenvalue weighted by atomic mass is 10.0. The molecular weight excluding hydrogens is 226 g/mol. The van der Waals surface area contributed by atoms with Crippen LogP contribution in [-0.2, 0) is 0 Å². The number of nitrogens with two attached hydrogens (primary N) is 1. The van der Waals surface area contributed by atoms with Crippen molar-refractivity contribution in [3.63, 3.8) is 0 Å². The van der Waals surface area contributed by atoms with E-state index in [0.717, 1.165) is 35.1 Å². The monoisotopic (exact) mass is 241 g/mol. The Morgan fingerprint density at radius 3 is 2.94 bits per heavy atom. The van der Waals surface area contributed by atoms with Crippen molar-refractivity contribution in [2.45, 2.75) is 19.3 Å². The van der Waals surface area contributed by atoms with E-state index in [-0.39, 0.29) is 0 Å². The Hall–Kier alpha value is -2.10. The first-order valence-corrected chi connectivity index (χ1v) is 6.08. The summed E-state index contributed by atoms with van der Waals surface area (Å²) in [5, 5.41) is 0.993. The molecule has 3 rings (SSSR count). The van der Waals surface area contributed by atoms with Crippen LogP contribution in [0.4, 0.5) is 5.95 Å². The first kappa shape index (κ1) is 11.0. The van der Waals surface area contributed by atoms with Crippen LogP contribution in [0.15, 0.2) is 24.4 Å². The van der Waals surface area contributed by atoms with E-state index in [1.165, 1.54) is 12.0 Å². The van der Waals surface area contributed by atoms with Gasteiger partial charge in [0.1, 0.15) is 5.75 Å². The number of aromatic nitrogens is 2. The summed E-state index contributed by atoms with van der Waals surface area (Å²) >= 11 is 0. The predicted octanol–water partition coefficient (Wildman–Crippen LogP) is 2.79. The number of anilines is 1. The van der Waals surface area contributed by atoms with Crippen LogP contribution < -0.4 is 10.5 Å². The molecule has 0 amide bonds. The Balaban J connectivity index is 2.32. The summed E-state index contributed by atoms with van der Waals surface area (Å²) in [6.45, 7) is 0. The van der Waals surface area contributed by atoms with Crippen LogP contribution in [0.1, 0.15) is 24.8 Å². The largest absolute Gasteiger partial charge is 0.496 e. The maximum atomic E-state index is 5.70. The van der Waals surface area contributed by atoms with Crippen LogP contribution in [-0.4, -0.2) is 17.1 Å². The standard InChI is InChI=1S/C14H15N3O/c1-18-11-7-6-10-8-16-14(15)17-13(10)12(11)9-4-2-3-5-9/h4,6-8H,2-3,5H2,1H3,(H2,15,16,17). The number of nitrogen functional groups attached to an aromatic ring is 1. The highest BCUT2D eigenvalue weighted by Gasteiger charge is 2.17. The molecule has 1 aromatic carbocycles. The molecule has 0 saturated carbocycles. The third-order valence-electron chi connectivity index (χ3n) is 3.32. The second-order valence-electron chi connectivity index (χ2n) is 4.43. The fourth-order valence-corrected chi connectivity index (χ4v) is 2.47. The zero-order chi connectivity index (χ0) is 12.5. The van der Waals surface area contributed by atoms with Crippen LogP contribution >= 0.6 is 0 Å². The minimum absolute atomic E-state index is 0.301. The number of hydrogen-bond donors (Lipinski definition) is 1. The highest BCUT2D eigenvalue weighted by Crippen LogP contribution is 2.37. The molecule has 1 aromatic heterocycles. The third-order valence-corrected chi connectivity index (χ3v) is 3.32. The second kappa shape index (κ2) is 4.29. The van der Waals surface area contributed by atoms with Gasteiger partial charge >= 0.3 is 0 Å². The minimum Gasteiger partial charge on any atom is -0.496 e. The molecule has 1 aliphatic carbocycles. The van der Waals surface area contributed by atoms with Gasteiger partial charge in [0.25, 0.3) is 0 Å². The van der Waals surface area contributed by atoms with Crippen molar-refractivity contribution in [1.82, 2.24) is 9.97 Å². The van der Waals surface area contributed by atoms with Gasteiger partial charge in [-0.25, -0.2) is 9.97 Å². The second-order valence-corrected chi connectivity index (χ2v) is 4.43. The van der Waals surface area contributed by atoms with Crippen molar-refractivity contribution >= 4 is 22.4 Å². The van der Waals surface area contributed by atoms with Gasteiger partial charge in [0.2, 0.25) is 5.95 Å². The topological polar surface area (TPSA) is 61.0 Å². The molecule has 0 atom stereocenters. The van der Waals surface area contributed by atoms with Gasteiger partial charge in [-0.3, -0.25) is 0 Å². The van der Waals surface area contributed by atoms with E-state index >= 15 is 0 Å². The van der Waals surface area contributed by atoms with Gasteiger partial charge in [-0.15, -0.1) is 0 Å². The Morgan fingerprint density at radius 1 is 1.33 bits per heavy atom. The number of nitrogens with zero attached hydrogens (tertiary/aromatic N) is 2. The molecule has 4 nitrogen and oxygen atoms in total. The maximum Gasteiger partial charge on any atom is 0.220 e. The molecule has 0 spiro atoms. The van der Waals surface area contributed by atoms with E-state index < -0.39 is 0 Å². The summed E-state index contributed by atoms with van der Waals surface area (Å²) in [5.41, 5.74) is 8.96.